The van der Waals surface area contributed by atoms with Crippen molar-refractivity contribution in [1.82, 2.24) is 16.0 Å². The van der Waals surface area contributed by atoms with Gasteiger partial charge in [-0.15, -0.1) is 0 Å². The van der Waals surface area contributed by atoms with Crippen LogP contribution in [0.3, 0.4) is 0 Å². The van der Waals surface area contributed by atoms with Gasteiger partial charge in [-0.05, 0) is 24.7 Å². The lowest BCUT2D eigenvalue weighted by Crippen LogP contribution is -2.57. The SMILES string of the molecule is CC(C)CC(N)C(=O)NC(CCC(N)=O)C(=O)NC(C(=O)NCC(=O)O)C(C)C. The molecule has 3 unspecified atom stereocenters. The van der Waals surface area contributed by atoms with Gasteiger partial charge in [0.25, 0.3) is 0 Å². The highest BCUT2D eigenvalue weighted by molar-refractivity contribution is 5.94. The van der Waals surface area contributed by atoms with E-state index in [1.54, 1.807) is 13.8 Å². The summed E-state index contributed by atoms with van der Waals surface area (Å²) < 4.78 is 0. The van der Waals surface area contributed by atoms with Crippen LogP contribution in [0.1, 0.15) is 47.0 Å². The molecular weight excluding hydrogens is 382 g/mol. The fraction of sp³-hybridized carbons (Fsp3) is 0.722. The Labute approximate surface area is 170 Å². The monoisotopic (exact) mass is 415 g/mol. The van der Waals surface area contributed by atoms with Crippen LogP contribution in [0.4, 0.5) is 0 Å². The van der Waals surface area contributed by atoms with Gasteiger partial charge in [0.1, 0.15) is 18.6 Å². The van der Waals surface area contributed by atoms with E-state index in [1.165, 1.54) is 0 Å². The van der Waals surface area contributed by atoms with Crippen LogP contribution < -0.4 is 27.4 Å². The van der Waals surface area contributed by atoms with E-state index >= 15 is 0 Å². The average molecular weight is 415 g/mol. The summed E-state index contributed by atoms with van der Waals surface area (Å²) in [5.74, 6) is -3.99. The summed E-state index contributed by atoms with van der Waals surface area (Å²) in [6.07, 6.45) is 0.181. The quantitative estimate of drug-likeness (QED) is 0.209. The topological polar surface area (TPSA) is 194 Å². The van der Waals surface area contributed by atoms with Crippen molar-refractivity contribution >= 4 is 29.6 Å². The van der Waals surface area contributed by atoms with Crippen molar-refractivity contribution < 1.29 is 29.1 Å². The van der Waals surface area contributed by atoms with Gasteiger partial charge in [-0.2, -0.15) is 0 Å². The lowest BCUT2D eigenvalue weighted by Gasteiger charge is -2.26. The van der Waals surface area contributed by atoms with Crippen LogP contribution in [0, 0.1) is 11.8 Å². The van der Waals surface area contributed by atoms with Gasteiger partial charge in [0, 0.05) is 6.42 Å². The van der Waals surface area contributed by atoms with E-state index in [1.807, 2.05) is 13.8 Å². The number of hydrogen-bond donors (Lipinski definition) is 6. The molecule has 0 aromatic carbocycles. The van der Waals surface area contributed by atoms with Crippen molar-refractivity contribution in [3.8, 4) is 0 Å². The highest BCUT2D eigenvalue weighted by Gasteiger charge is 2.30. The van der Waals surface area contributed by atoms with Crippen molar-refractivity contribution in [2.24, 2.45) is 23.3 Å². The van der Waals surface area contributed by atoms with Crippen molar-refractivity contribution in [3.63, 3.8) is 0 Å². The summed E-state index contributed by atoms with van der Waals surface area (Å²) in [6.45, 7) is 6.53. The van der Waals surface area contributed by atoms with E-state index in [0.717, 1.165) is 0 Å². The molecular formula is C18H33N5O6. The van der Waals surface area contributed by atoms with E-state index in [9.17, 15) is 24.0 Å². The smallest absolute Gasteiger partial charge is 0.322 e. The predicted octanol–water partition coefficient (Wildman–Crippen LogP) is -1.55. The van der Waals surface area contributed by atoms with Gasteiger partial charge < -0.3 is 32.5 Å². The zero-order valence-corrected chi connectivity index (χ0v) is 17.4. The minimum Gasteiger partial charge on any atom is -0.480 e. The molecule has 0 fully saturated rings. The van der Waals surface area contributed by atoms with Crippen LogP contribution in [-0.4, -0.2) is 59.4 Å². The van der Waals surface area contributed by atoms with E-state index in [-0.39, 0.29) is 24.7 Å². The van der Waals surface area contributed by atoms with Crippen LogP contribution in [-0.2, 0) is 24.0 Å². The van der Waals surface area contributed by atoms with Gasteiger partial charge in [0.2, 0.25) is 23.6 Å². The fourth-order valence-electron chi connectivity index (χ4n) is 2.51. The summed E-state index contributed by atoms with van der Waals surface area (Å²) in [5, 5.41) is 15.9. The van der Waals surface area contributed by atoms with E-state index in [2.05, 4.69) is 16.0 Å². The minimum atomic E-state index is -1.22. The molecule has 0 aliphatic heterocycles. The number of rotatable bonds is 13. The van der Waals surface area contributed by atoms with Crippen LogP contribution >= 0.6 is 0 Å². The standard InChI is InChI=1S/C18H33N5O6/c1-9(2)7-11(19)16(27)22-12(5-6-13(20)24)17(28)23-15(10(3)4)18(29)21-8-14(25)26/h9-12,15H,5-8,19H2,1-4H3,(H2,20,24)(H,21,29)(H,22,27)(H,23,28)(H,25,26). The molecule has 11 nitrogen and oxygen atoms in total. The molecule has 8 N–H and O–H groups in total. The van der Waals surface area contributed by atoms with Crippen molar-refractivity contribution in [1.29, 1.82) is 0 Å². The number of carbonyl (C=O) groups is 5. The molecule has 0 aromatic heterocycles. The largest absolute Gasteiger partial charge is 0.480 e. The molecule has 0 aliphatic carbocycles. The number of carbonyl (C=O) groups excluding carboxylic acids is 4. The Balaban J connectivity index is 5.24. The maximum atomic E-state index is 12.7. The molecule has 29 heavy (non-hydrogen) atoms. The molecule has 0 bridgehead atoms. The third-order valence-electron chi connectivity index (χ3n) is 4.04. The van der Waals surface area contributed by atoms with Gasteiger partial charge in [-0.25, -0.2) is 0 Å². The second kappa shape index (κ2) is 12.7. The molecule has 0 aromatic rings. The fourth-order valence-corrected chi connectivity index (χ4v) is 2.51. The maximum absolute atomic E-state index is 12.7. The Kier molecular flexibility index (Phi) is 11.5. The summed E-state index contributed by atoms with van der Waals surface area (Å²) in [5.41, 5.74) is 11.0. The molecule has 0 spiro atoms. The highest BCUT2D eigenvalue weighted by Crippen LogP contribution is 2.07. The number of carboxylic acids is 1. The second-order valence-electron chi connectivity index (χ2n) is 7.64. The first-order valence-corrected chi connectivity index (χ1v) is 9.49. The van der Waals surface area contributed by atoms with Gasteiger partial charge >= 0.3 is 5.97 Å². The molecule has 4 amide bonds. The second-order valence-corrected chi connectivity index (χ2v) is 7.64. The molecule has 0 saturated heterocycles. The minimum absolute atomic E-state index is 0.0666. The summed E-state index contributed by atoms with van der Waals surface area (Å²) in [4.78, 5) is 58.9. The maximum Gasteiger partial charge on any atom is 0.322 e. The van der Waals surface area contributed by atoms with E-state index < -0.39 is 54.3 Å². The number of nitrogens with two attached hydrogens (primary N) is 2. The number of aliphatic carboxylic acids is 1. The summed E-state index contributed by atoms with van der Waals surface area (Å²) >= 11 is 0. The zero-order valence-electron chi connectivity index (χ0n) is 17.4. The van der Waals surface area contributed by atoms with Gasteiger partial charge in [0.05, 0.1) is 6.04 Å². The van der Waals surface area contributed by atoms with Crippen LogP contribution in [0.15, 0.2) is 0 Å². The van der Waals surface area contributed by atoms with Crippen molar-refractivity contribution in [2.75, 3.05) is 6.54 Å². The summed E-state index contributed by atoms with van der Waals surface area (Å²) in [6, 6.07) is -2.99. The highest BCUT2D eigenvalue weighted by atomic mass is 16.4. The molecule has 166 valence electrons. The van der Waals surface area contributed by atoms with Crippen LogP contribution in [0.2, 0.25) is 0 Å². The molecule has 0 heterocycles. The number of nitrogens with one attached hydrogen (secondary N) is 3. The third kappa shape index (κ3) is 11.0. The number of amides is 4. The van der Waals surface area contributed by atoms with Crippen LogP contribution in [0.5, 0.6) is 0 Å². The number of hydrogen-bond acceptors (Lipinski definition) is 6. The predicted molar refractivity (Wildman–Crippen MR) is 105 cm³/mol. The molecule has 11 heteroatoms. The Morgan fingerprint density at radius 2 is 1.52 bits per heavy atom. The Bertz CT molecular complexity index is 608. The summed E-state index contributed by atoms with van der Waals surface area (Å²) in [7, 11) is 0. The van der Waals surface area contributed by atoms with Crippen LogP contribution in [0.25, 0.3) is 0 Å². The van der Waals surface area contributed by atoms with Crippen molar-refractivity contribution in [2.45, 2.75) is 65.1 Å². The number of carboxylic acid groups (broad SMARTS) is 1. The van der Waals surface area contributed by atoms with E-state index in [0.29, 0.717) is 6.42 Å². The normalized spacial score (nSPS) is 14.0. The first kappa shape index (κ1) is 26.3. The third-order valence-corrected chi connectivity index (χ3v) is 4.04. The molecule has 0 saturated carbocycles. The van der Waals surface area contributed by atoms with Crippen molar-refractivity contribution in [3.05, 3.63) is 0 Å². The lowest BCUT2D eigenvalue weighted by atomic mass is 10.0. The lowest BCUT2D eigenvalue weighted by molar-refractivity contribution is -0.139. The van der Waals surface area contributed by atoms with E-state index in [4.69, 9.17) is 16.6 Å². The van der Waals surface area contributed by atoms with Gasteiger partial charge in [-0.1, -0.05) is 27.7 Å². The molecule has 0 radical (unpaired) electrons. The molecule has 0 aliphatic rings. The Morgan fingerprint density at radius 3 is 1.97 bits per heavy atom. The van der Waals surface area contributed by atoms with Gasteiger partial charge in [-0.3, -0.25) is 24.0 Å². The number of primary amides is 1. The molecule has 0 rings (SSSR count). The Morgan fingerprint density at radius 1 is 0.931 bits per heavy atom. The first-order chi connectivity index (χ1) is 13.3. The Hall–Kier alpha value is -2.69. The zero-order chi connectivity index (χ0) is 22.7. The van der Waals surface area contributed by atoms with Gasteiger partial charge in [0.15, 0.2) is 0 Å². The first-order valence-electron chi connectivity index (χ1n) is 9.49. The average Bonchev–Trinajstić information content (AvgIpc) is 2.59. The molecule has 3 atom stereocenters.